The Morgan fingerprint density at radius 2 is 1.91 bits per heavy atom. The van der Waals surface area contributed by atoms with Crippen molar-refractivity contribution in [3.63, 3.8) is 0 Å². The Balaban J connectivity index is 2.15. The van der Waals surface area contributed by atoms with Crippen LogP contribution in [0.25, 0.3) is 22.2 Å². The third-order valence-electron chi connectivity index (χ3n) is 4.08. The molecular weight excluding hydrogens is 336 g/mol. The molecule has 1 heterocycles. The van der Waals surface area contributed by atoms with Gasteiger partial charge < -0.3 is 10.7 Å². The minimum Gasteiger partial charge on any atom is -0.353 e. The van der Waals surface area contributed by atoms with Crippen molar-refractivity contribution in [2.24, 2.45) is 5.73 Å². The summed E-state index contributed by atoms with van der Waals surface area (Å²) in [5, 5.41) is 1.31. The van der Waals surface area contributed by atoms with Crippen LogP contribution in [0.5, 0.6) is 0 Å². The van der Waals surface area contributed by atoms with Gasteiger partial charge in [0.05, 0.1) is 5.52 Å². The van der Waals surface area contributed by atoms with Crippen molar-refractivity contribution in [3.8, 4) is 11.3 Å². The molecule has 114 valence electrons. The molecule has 1 aromatic heterocycles. The Bertz CT molecular complexity index is 789. The summed E-state index contributed by atoms with van der Waals surface area (Å²) in [5.74, 6) is 0. The highest BCUT2D eigenvalue weighted by molar-refractivity contribution is 9.10. The smallest absolute Gasteiger partial charge is 0.0606 e. The van der Waals surface area contributed by atoms with Crippen LogP contribution in [0.2, 0.25) is 0 Å². The second-order valence-corrected chi connectivity index (χ2v) is 6.61. The first-order valence-corrected chi connectivity index (χ1v) is 8.56. The number of para-hydroxylation sites is 1. The van der Waals surface area contributed by atoms with E-state index in [0.29, 0.717) is 0 Å². The van der Waals surface area contributed by atoms with E-state index in [4.69, 9.17) is 5.73 Å². The van der Waals surface area contributed by atoms with Gasteiger partial charge in [0.15, 0.2) is 0 Å². The van der Waals surface area contributed by atoms with E-state index in [2.05, 4.69) is 70.3 Å². The number of hydrogen-bond donors (Lipinski definition) is 2. The molecule has 0 aliphatic rings. The molecule has 2 nitrogen and oxygen atoms in total. The molecule has 0 unspecified atom stereocenters. The fraction of sp³-hybridized carbons (Fsp3) is 0.263. The van der Waals surface area contributed by atoms with Gasteiger partial charge in [-0.3, -0.25) is 0 Å². The van der Waals surface area contributed by atoms with Gasteiger partial charge in [0.1, 0.15) is 0 Å². The van der Waals surface area contributed by atoms with Crippen molar-refractivity contribution >= 4 is 26.8 Å². The van der Waals surface area contributed by atoms with E-state index in [1.807, 2.05) is 0 Å². The first kappa shape index (κ1) is 15.3. The van der Waals surface area contributed by atoms with Gasteiger partial charge in [-0.1, -0.05) is 35.9 Å². The second kappa shape index (κ2) is 6.67. The molecule has 22 heavy (non-hydrogen) atoms. The van der Waals surface area contributed by atoms with Crippen LogP contribution in [0.15, 0.2) is 46.9 Å². The molecule has 0 fully saturated rings. The van der Waals surface area contributed by atoms with Gasteiger partial charge in [0.25, 0.3) is 0 Å². The predicted octanol–water partition coefficient (Wildman–Crippen LogP) is 5.19. The monoisotopic (exact) mass is 356 g/mol. The average Bonchev–Trinajstić information content (AvgIpc) is 2.88. The second-order valence-electron chi connectivity index (χ2n) is 5.76. The van der Waals surface area contributed by atoms with Gasteiger partial charge in [0, 0.05) is 15.6 Å². The molecular formula is C19H21BrN2. The lowest BCUT2D eigenvalue weighted by Gasteiger charge is -2.06. The van der Waals surface area contributed by atoms with E-state index >= 15 is 0 Å². The van der Waals surface area contributed by atoms with Crippen LogP contribution >= 0.6 is 15.9 Å². The highest BCUT2D eigenvalue weighted by Gasteiger charge is 2.14. The number of aromatic nitrogens is 1. The van der Waals surface area contributed by atoms with Crippen molar-refractivity contribution in [2.75, 3.05) is 6.54 Å². The molecule has 0 radical (unpaired) electrons. The number of hydrogen-bond acceptors (Lipinski definition) is 1. The summed E-state index contributed by atoms with van der Waals surface area (Å²) < 4.78 is 1.11. The minimum absolute atomic E-state index is 0.756. The van der Waals surface area contributed by atoms with Crippen LogP contribution in [0.3, 0.4) is 0 Å². The molecule has 0 atom stereocenters. The molecule has 0 amide bonds. The average molecular weight is 357 g/mol. The summed E-state index contributed by atoms with van der Waals surface area (Å²) in [7, 11) is 0. The number of halogens is 1. The predicted molar refractivity (Wildman–Crippen MR) is 98.2 cm³/mol. The lowest BCUT2D eigenvalue weighted by Crippen LogP contribution is -1.99. The van der Waals surface area contributed by atoms with Crippen LogP contribution in [0, 0.1) is 6.92 Å². The zero-order valence-electron chi connectivity index (χ0n) is 12.8. The molecule has 3 N–H and O–H groups in total. The highest BCUT2D eigenvalue weighted by Crippen LogP contribution is 2.35. The maximum absolute atomic E-state index is 5.66. The zero-order valence-corrected chi connectivity index (χ0v) is 14.4. The topological polar surface area (TPSA) is 41.8 Å². The van der Waals surface area contributed by atoms with Crippen molar-refractivity contribution in [1.82, 2.24) is 4.98 Å². The molecule has 3 heteroatoms. The molecule has 0 aliphatic carbocycles. The molecule has 3 rings (SSSR count). The van der Waals surface area contributed by atoms with E-state index in [1.54, 1.807) is 0 Å². The number of aryl methyl sites for hydroxylation is 2. The third-order valence-corrected chi connectivity index (χ3v) is 4.74. The minimum atomic E-state index is 0.756. The maximum Gasteiger partial charge on any atom is 0.0606 e. The third kappa shape index (κ3) is 2.96. The van der Waals surface area contributed by atoms with Crippen LogP contribution in [-0.2, 0) is 6.42 Å². The van der Waals surface area contributed by atoms with Gasteiger partial charge in [-0.25, -0.2) is 0 Å². The van der Waals surface area contributed by atoms with Crippen LogP contribution in [0.1, 0.15) is 24.0 Å². The number of fused-ring (bicyclic) bond motifs is 1. The largest absolute Gasteiger partial charge is 0.353 e. The fourth-order valence-electron chi connectivity index (χ4n) is 2.99. The van der Waals surface area contributed by atoms with E-state index in [1.165, 1.54) is 33.3 Å². The summed E-state index contributed by atoms with van der Waals surface area (Å²) in [4.78, 5) is 3.62. The maximum atomic E-state index is 5.66. The lowest BCUT2D eigenvalue weighted by atomic mass is 9.99. The Morgan fingerprint density at radius 3 is 2.68 bits per heavy atom. The molecule has 0 saturated carbocycles. The van der Waals surface area contributed by atoms with E-state index in [-0.39, 0.29) is 0 Å². The summed E-state index contributed by atoms with van der Waals surface area (Å²) in [6.07, 6.45) is 3.24. The van der Waals surface area contributed by atoms with Crippen LogP contribution in [-0.4, -0.2) is 11.5 Å². The van der Waals surface area contributed by atoms with Gasteiger partial charge >= 0.3 is 0 Å². The fourth-order valence-corrected chi connectivity index (χ4v) is 3.46. The zero-order chi connectivity index (χ0) is 15.5. The van der Waals surface area contributed by atoms with Crippen molar-refractivity contribution in [3.05, 3.63) is 58.1 Å². The number of unbranched alkanes of at least 4 members (excludes halogenated alkanes) is 1. The lowest BCUT2D eigenvalue weighted by molar-refractivity contribution is 0.748. The molecule has 2 aromatic carbocycles. The highest BCUT2D eigenvalue weighted by atomic mass is 79.9. The Hall–Kier alpha value is -1.58. The van der Waals surface area contributed by atoms with Crippen LogP contribution in [0.4, 0.5) is 0 Å². The molecule has 0 saturated heterocycles. The molecule has 0 bridgehead atoms. The van der Waals surface area contributed by atoms with E-state index in [9.17, 15) is 0 Å². The number of nitrogens with one attached hydrogen (secondary N) is 1. The van der Waals surface area contributed by atoms with Gasteiger partial charge in [-0.15, -0.1) is 0 Å². The van der Waals surface area contributed by atoms with Gasteiger partial charge in [0.2, 0.25) is 0 Å². The van der Waals surface area contributed by atoms with Gasteiger partial charge in [-0.2, -0.15) is 0 Å². The summed E-state index contributed by atoms with van der Waals surface area (Å²) in [6.45, 7) is 2.89. The molecule has 0 aliphatic heterocycles. The quantitative estimate of drug-likeness (QED) is 0.607. The summed E-state index contributed by atoms with van der Waals surface area (Å²) in [6, 6.07) is 15.1. The van der Waals surface area contributed by atoms with Crippen LogP contribution < -0.4 is 5.73 Å². The number of aromatic amines is 1. The Morgan fingerprint density at radius 1 is 1.09 bits per heavy atom. The van der Waals surface area contributed by atoms with Crippen molar-refractivity contribution in [1.29, 1.82) is 0 Å². The number of rotatable bonds is 5. The number of H-pyrrole nitrogens is 1. The Labute approximate surface area is 139 Å². The van der Waals surface area contributed by atoms with Crippen molar-refractivity contribution in [2.45, 2.75) is 26.2 Å². The van der Waals surface area contributed by atoms with Gasteiger partial charge in [-0.05, 0) is 71.9 Å². The SMILES string of the molecule is Cc1cccc(-c2[nH]c3c(Br)cccc3c2CCCCN)c1. The first-order valence-electron chi connectivity index (χ1n) is 7.77. The van der Waals surface area contributed by atoms with E-state index in [0.717, 1.165) is 30.3 Å². The first-order chi connectivity index (χ1) is 10.7. The van der Waals surface area contributed by atoms with E-state index < -0.39 is 0 Å². The molecule has 0 spiro atoms. The molecule has 3 aromatic rings. The normalized spacial score (nSPS) is 11.2. The van der Waals surface area contributed by atoms with Crippen molar-refractivity contribution < 1.29 is 0 Å². The summed E-state index contributed by atoms with van der Waals surface area (Å²) in [5.41, 5.74) is 12.0. The number of benzene rings is 2. The number of nitrogens with two attached hydrogens (primary N) is 1. The standard InChI is InChI=1S/C19H21BrN2/c1-13-6-4-7-14(12-13)18-15(8-2-3-11-21)16-9-5-10-17(20)19(16)22-18/h4-7,9-10,12,22H,2-3,8,11,21H2,1H3. The summed E-state index contributed by atoms with van der Waals surface area (Å²) >= 11 is 3.66. The Kier molecular flexibility index (Phi) is 4.65.